The highest BCUT2D eigenvalue weighted by Crippen LogP contribution is 2.07. The van der Waals surface area contributed by atoms with Gasteiger partial charge in [0.15, 0.2) is 0 Å². The van der Waals surface area contributed by atoms with Gasteiger partial charge in [-0.05, 0) is 47.5 Å². The van der Waals surface area contributed by atoms with Gasteiger partial charge in [-0.2, -0.15) is 0 Å². The van der Waals surface area contributed by atoms with E-state index < -0.39 is 0 Å². The third kappa shape index (κ3) is 7.41. The van der Waals surface area contributed by atoms with Gasteiger partial charge in [0.25, 0.3) is 0 Å². The minimum Gasteiger partial charge on any atom is -0.369 e. The molecule has 0 aliphatic rings. The molecular weight excluding hydrogens is 346 g/mol. The van der Waals surface area contributed by atoms with Crippen molar-refractivity contribution in [1.82, 2.24) is 0 Å². The molecule has 0 amide bonds. The Hall–Kier alpha value is -2.99. The molecule has 0 aliphatic heterocycles. The summed E-state index contributed by atoms with van der Waals surface area (Å²) in [5, 5.41) is 7.54. The second-order valence-corrected chi connectivity index (χ2v) is 4.82. The molecule has 0 aromatic heterocycles. The molecule has 25 heavy (non-hydrogen) atoms. The molecule has 2 aromatic carbocycles. The molecule has 2 aromatic rings. The van der Waals surface area contributed by atoms with Crippen LogP contribution < -0.4 is 11.5 Å². The highest BCUT2D eigenvalue weighted by Gasteiger charge is 1.94. The van der Waals surface area contributed by atoms with Crippen molar-refractivity contribution >= 4 is 36.2 Å². The molecule has 0 unspecified atom stereocenters. The van der Waals surface area contributed by atoms with E-state index in [-0.39, 0.29) is 30.0 Å². The molecule has 4 nitrogen and oxygen atoms in total. The number of halogens is 3. The van der Waals surface area contributed by atoms with E-state index in [1.165, 1.54) is 24.3 Å². The molecule has 0 fully saturated rings. The van der Waals surface area contributed by atoms with E-state index in [1.807, 2.05) is 0 Å². The zero-order chi connectivity index (χ0) is 17.4. The van der Waals surface area contributed by atoms with Gasteiger partial charge >= 0.3 is 0 Å². The minimum absolute atomic E-state index is 0. The Morgan fingerprint density at radius 3 is 1.48 bits per heavy atom. The number of hydrogen-bond donors (Lipinski definition) is 2. The zero-order valence-electron chi connectivity index (χ0n) is 13.1. The van der Waals surface area contributed by atoms with Crippen LogP contribution in [0, 0.1) is 11.6 Å². The predicted octanol–water partition coefficient (Wildman–Crippen LogP) is 3.74. The van der Waals surface area contributed by atoms with Crippen LogP contribution in [-0.2, 0) is 0 Å². The van der Waals surface area contributed by atoms with Gasteiger partial charge in [-0.1, -0.05) is 36.4 Å². The molecule has 0 aliphatic carbocycles. The summed E-state index contributed by atoms with van der Waals surface area (Å²) in [5.41, 5.74) is 12.6. The molecule has 4 N–H and O–H groups in total. The smallest absolute Gasteiger partial charge is 0.211 e. The molecule has 0 bridgehead atoms. The van der Waals surface area contributed by atoms with Crippen LogP contribution in [0.2, 0.25) is 0 Å². The molecule has 7 heteroatoms. The molecule has 130 valence electrons. The topological polar surface area (TPSA) is 76.8 Å². The fraction of sp³-hybridized carbons (Fsp3) is 0. The van der Waals surface area contributed by atoms with Gasteiger partial charge in [0, 0.05) is 0 Å². The fourth-order valence-corrected chi connectivity index (χ4v) is 1.75. The molecule has 2 rings (SSSR count). The predicted molar refractivity (Wildman–Crippen MR) is 101 cm³/mol. The second-order valence-electron chi connectivity index (χ2n) is 4.82. The van der Waals surface area contributed by atoms with Crippen LogP contribution in [0.3, 0.4) is 0 Å². The minimum atomic E-state index is -0.308. The summed E-state index contributed by atoms with van der Waals surface area (Å²) in [6.45, 7) is 0. The molecular formula is C18H17ClF2N4. The van der Waals surface area contributed by atoms with Gasteiger partial charge in [0.1, 0.15) is 11.6 Å². The maximum Gasteiger partial charge on any atom is 0.211 e. The maximum atomic E-state index is 12.9. The highest BCUT2D eigenvalue weighted by molar-refractivity contribution is 6.08. The molecule has 0 atom stereocenters. The Kier molecular flexibility index (Phi) is 8.02. The van der Waals surface area contributed by atoms with Gasteiger partial charge in [-0.15, -0.1) is 22.6 Å². The van der Waals surface area contributed by atoms with Crippen LogP contribution in [0.1, 0.15) is 11.1 Å². The first-order chi connectivity index (χ1) is 11.5. The fourth-order valence-electron chi connectivity index (χ4n) is 1.75. The first-order valence-electron chi connectivity index (χ1n) is 7.07. The second kappa shape index (κ2) is 10.00. The van der Waals surface area contributed by atoms with E-state index in [0.29, 0.717) is 5.71 Å². The first-order valence-corrected chi connectivity index (χ1v) is 7.07. The lowest BCUT2D eigenvalue weighted by Gasteiger charge is -1.96. The Morgan fingerprint density at radius 2 is 1.12 bits per heavy atom. The van der Waals surface area contributed by atoms with Crippen LogP contribution in [0.25, 0.3) is 12.2 Å². The van der Waals surface area contributed by atoms with E-state index >= 15 is 0 Å². The summed E-state index contributed by atoms with van der Waals surface area (Å²) in [6, 6.07) is 12.0. The summed E-state index contributed by atoms with van der Waals surface area (Å²) < 4.78 is 25.8. The number of nitrogens with two attached hydrogens (primary N) is 2. The average Bonchev–Trinajstić information content (AvgIpc) is 2.57. The third-order valence-electron chi connectivity index (χ3n) is 2.91. The highest BCUT2D eigenvalue weighted by atomic mass is 35.5. The Bertz CT molecular complexity index is 733. The zero-order valence-corrected chi connectivity index (χ0v) is 14.0. The van der Waals surface area contributed by atoms with Gasteiger partial charge in [0.2, 0.25) is 5.96 Å². The normalized spacial score (nSPS) is 10.5. The SMILES string of the molecule is Cl.NC(N)=NN=C(/C=C/c1ccc(F)cc1)/C=C/c1ccc(F)cc1. The summed E-state index contributed by atoms with van der Waals surface area (Å²) in [6.07, 6.45) is 6.85. The van der Waals surface area contributed by atoms with E-state index in [1.54, 1.807) is 48.6 Å². The third-order valence-corrected chi connectivity index (χ3v) is 2.91. The van der Waals surface area contributed by atoms with Crippen molar-refractivity contribution in [2.45, 2.75) is 0 Å². The van der Waals surface area contributed by atoms with E-state index in [2.05, 4.69) is 10.2 Å². The molecule has 0 saturated heterocycles. The van der Waals surface area contributed by atoms with E-state index in [4.69, 9.17) is 11.5 Å². The maximum absolute atomic E-state index is 12.9. The first kappa shape index (κ1) is 20.1. The Balaban J connectivity index is 0.00000312. The van der Waals surface area contributed by atoms with Crippen LogP contribution in [-0.4, -0.2) is 11.7 Å². The van der Waals surface area contributed by atoms with Crippen molar-refractivity contribution in [3.8, 4) is 0 Å². The van der Waals surface area contributed by atoms with Crippen LogP contribution >= 0.6 is 12.4 Å². The van der Waals surface area contributed by atoms with Crippen molar-refractivity contribution in [2.24, 2.45) is 21.7 Å². The number of benzene rings is 2. The van der Waals surface area contributed by atoms with Crippen molar-refractivity contribution in [2.75, 3.05) is 0 Å². The number of rotatable bonds is 5. The van der Waals surface area contributed by atoms with Crippen LogP contribution in [0.5, 0.6) is 0 Å². The van der Waals surface area contributed by atoms with Crippen molar-refractivity contribution in [3.05, 3.63) is 83.4 Å². The number of hydrogen-bond acceptors (Lipinski definition) is 2. The van der Waals surface area contributed by atoms with Gasteiger partial charge < -0.3 is 11.5 Å². The van der Waals surface area contributed by atoms with Crippen molar-refractivity contribution in [1.29, 1.82) is 0 Å². The van der Waals surface area contributed by atoms with Gasteiger partial charge in [0.05, 0.1) is 5.71 Å². The van der Waals surface area contributed by atoms with E-state index in [0.717, 1.165) is 11.1 Å². The lowest BCUT2D eigenvalue weighted by molar-refractivity contribution is 0.627. The summed E-state index contributed by atoms with van der Waals surface area (Å²) >= 11 is 0. The number of allylic oxidation sites excluding steroid dienone is 2. The summed E-state index contributed by atoms with van der Waals surface area (Å²) in [7, 11) is 0. The number of nitrogens with zero attached hydrogens (tertiary/aromatic N) is 2. The molecule has 0 spiro atoms. The van der Waals surface area contributed by atoms with Crippen LogP contribution in [0.15, 0.2) is 70.9 Å². The molecule has 0 heterocycles. The van der Waals surface area contributed by atoms with Gasteiger partial charge in [-0.3, -0.25) is 0 Å². The number of guanidine groups is 1. The van der Waals surface area contributed by atoms with E-state index in [9.17, 15) is 8.78 Å². The van der Waals surface area contributed by atoms with Crippen molar-refractivity contribution < 1.29 is 8.78 Å². The summed E-state index contributed by atoms with van der Waals surface area (Å²) in [5.74, 6) is -0.784. The quantitative estimate of drug-likeness (QED) is 0.483. The lowest BCUT2D eigenvalue weighted by Crippen LogP contribution is -2.22. The van der Waals surface area contributed by atoms with Crippen molar-refractivity contribution in [3.63, 3.8) is 0 Å². The van der Waals surface area contributed by atoms with Gasteiger partial charge in [-0.25, -0.2) is 8.78 Å². The largest absolute Gasteiger partial charge is 0.369 e. The lowest BCUT2D eigenvalue weighted by atomic mass is 10.1. The summed E-state index contributed by atoms with van der Waals surface area (Å²) in [4.78, 5) is 0. The monoisotopic (exact) mass is 362 g/mol. The Morgan fingerprint density at radius 1 is 0.720 bits per heavy atom. The molecule has 0 saturated carbocycles. The van der Waals surface area contributed by atoms with Crippen LogP contribution in [0.4, 0.5) is 8.78 Å². The standard InChI is InChI=1S/C18H16F2N4.ClH/c19-15-7-1-13(2-8-15)5-11-17(23-24-18(21)22)12-6-14-3-9-16(20)10-4-14;/h1-12H,(H4,21,22,24);1H/b11-5+,12-6+;. The Labute approximate surface area is 150 Å². The average molecular weight is 363 g/mol. The molecule has 0 radical (unpaired) electrons.